The van der Waals surface area contributed by atoms with Crippen LogP contribution in [0.25, 0.3) is 0 Å². The lowest BCUT2D eigenvalue weighted by Crippen LogP contribution is -2.57. The summed E-state index contributed by atoms with van der Waals surface area (Å²) >= 11 is 0.686. The molecule has 94 valence electrons. The highest BCUT2D eigenvalue weighted by Crippen LogP contribution is 2.37. The molecule has 1 aliphatic rings. The summed E-state index contributed by atoms with van der Waals surface area (Å²) in [5.74, 6) is -1.02. The molecule has 1 amide bonds. The highest BCUT2D eigenvalue weighted by atomic mass is 32.2. The van der Waals surface area contributed by atoms with Gasteiger partial charge < -0.3 is 25.7 Å². The number of halogens is 1. The van der Waals surface area contributed by atoms with E-state index in [2.05, 4.69) is 0 Å². The van der Waals surface area contributed by atoms with Crippen LogP contribution in [0.1, 0.15) is 6.42 Å². The van der Waals surface area contributed by atoms with Crippen LogP contribution in [0.4, 0.5) is 4.39 Å². The third-order valence-electron chi connectivity index (χ3n) is 2.24. The van der Waals surface area contributed by atoms with Crippen LogP contribution < -0.4 is 5.32 Å². The Morgan fingerprint density at radius 3 is 2.69 bits per heavy atom. The fraction of sp³-hybridized carbons (Fsp3) is 0.875. The number of hydrogen-bond acceptors (Lipinski definition) is 6. The van der Waals surface area contributed by atoms with Gasteiger partial charge in [-0.1, -0.05) is 11.8 Å². The third kappa shape index (κ3) is 3.05. The molecule has 0 aromatic carbocycles. The van der Waals surface area contributed by atoms with E-state index in [1.807, 2.05) is 5.32 Å². The second kappa shape index (κ2) is 5.28. The van der Waals surface area contributed by atoms with E-state index >= 15 is 0 Å². The minimum absolute atomic E-state index is 0.332. The Labute approximate surface area is 95.5 Å². The first-order valence-electron chi connectivity index (χ1n) is 4.66. The number of carbonyl (C=O) groups is 1. The number of rotatable bonds is 3. The molecule has 0 aliphatic carbocycles. The first kappa shape index (κ1) is 13.7. The molecular weight excluding hydrogens is 241 g/mol. The molecule has 0 aromatic rings. The highest BCUT2D eigenvalue weighted by Gasteiger charge is 2.45. The van der Waals surface area contributed by atoms with Crippen LogP contribution in [0.5, 0.6) is 0 Å². The van der Waals surface area contributed by atoms with Gasteiger partial charge in [0.2, 0.25) is 0 Å². The first-order chi connectivity index (χ1) is 7.41. The predicted molar refractivity (Wildman–Crippen MR) is 54.2 cm³/mol. The summed E-state index contributed by atoms with van der Waals surface area (Å²) in [7, 11) is 0. The fourth-order valence-corrected chi connectivity index (χ4v) is 2.83. The maximum Gasteiger partial charge on any atom is 0.254 e. The molecule has 1 fully saturated rings. The van der Waals surface area contributed by atoms with Crippen molar-refractivity contribution < 1.29 is 29.6 Å². The molecule has 0 aromatic heterocycles. The number of aliphatic hydroxyl groups excluding tert-OH is 3. The number of alkyl halides is 1. The Kier molecular flexibility index (Phi) is 4.51. The van der Waals surface area contributed by atoms with Gasteiger partial charge in [-0.15, -0.1) is 0 Å². The number of thioether (sulfide) groups is 1. The molecule has 0 radical (unpaired) electrons. The zero-order valence-electron chi connectivity index (χ0n) is 8.34. The zero-order valence-corrected chi connectivity index (χ0v) is 9.15. The molecule has 0 spiro atoms. The zero-order chi connectivity index (χ0) is 12.3. The van der Waals surface area contributed by atoms with Crippen LogP contribution in [0.15, 0.2) is 0 Å². The van der Waals surface area contributed by atoms with Gasteiger partial charge in [0.15, 0.2) is 11.7 Å². The van der Waals surface area contributed by atoms with Crippen LogP contribution >= 0.6 is 11.8 Å². The maximum absolute atomic E-state index is 12.0. The molecule has 1 aliphatic heterocycles. The normalized spacial score (nSPS) is 39.4. The molecule has 16 heavy (non-hydrogen) atoms. The van der Waals surface area contributed by atoms with E-state index in [4.69, 9.17) is 5.11 Å². The molecule has 0 bridgehead atoms. The van der Waals surface area contributed by atoms with Gasteiger partial charge in [0.1, 0.15) is 0 Å². The Morgan fingerprint density at radius 1 is 1.56 bits per heavy atom. The van der Waals surface area contributed by atoms with Crippen LogP contribution in [0.3, 0.4) is 0 Å². The second-order valence-electron chi connectivity index (χ2n) is 3.57. The number of hydrogen-bond donors (Lipinski definition) is 5. The molecule has 1 heterocycles. The maximum atomic E-state index is 12.0. The Hall–Kier alpha value is -0.410. The molecule has 8 heteroatoms. The van der Waals surface area contributed by atoms with Crippen LogP contribution in [0.2, 0.25) is 0 Å². The van der Waals surface area contributed by atoms with E-state index in [0.29, 0.717) is 11.8 Å². The van der Waals surface area contributed by atoms with Crippen molar-refractivity contribution in [1.29, 1.82) is 0 Å². The Balaban J connectivity index is 2.70. The van der Waals surface area contributed by atoms with Crippen LogP contribution in [0, 0.1) is 0 Å². The van der Waals surface area contributed by atoms with Crippen molar-refractivity contribution in [2.75, 3.05) is 13.3 Å². The van der Waals surface area contributed by atoms with Gasteiger partial charge in [0.25, 0.3) is 5.91 Å². The Morgan fingerprint density at radius 2 is 2.19 bits per heavy atom. The van der Waals surface area contributed by atoms with Gasteiger partial charge in [-0.3, -0.25) is 4.79 Å². The van der Waals surface area contributed by atoms with E-state index in [-0.39, 0.29) is 6.42 Å². The average Bonchev–Trinajstić information content (AvgIpc) is 2.23. The molecule has 1 saturated heterocycles. The van der Waals surface area contributed by atoms with Crippen molar-refractivity contribution in [3.05, 3.63) is 0 Å². The summed E-state index contributed by atoms with van der Waals surface area (Å²) in [6, 6.07) is 0. The van der Waals surface area contributed by atoms with E-state index in [0.717, 1.165) is 0 Å². The van der Waals surface area contributed by atoms with Crippen molar-refractivity contribution >= 4 is 17.7 Å². The van der Waals surface area contributed by atoms with Crippen molar-refractivity contribution in [3.8, 4) is 0 Å². The fourth-order valence-electron chi connectivity index (χ4n) is 1.50. The topological polar surface area (TPSA) is 110 Å². The summed E-state index contributed by atoms with van der Waals surface area (Å²) in [6.07, 6.45) is -2.82. The van der Waals surface area contributed by atoms with Gasteiger partial charge in [0.05, 0.1) is 24.1 Å². The van der Waals surface area contributed by atoms with E-state index in [1.165, 1.54) is 0 Å². The first-order valence-corrected chi connectivity index (χ1v) is 5.54. The lowest BCUT2D eigenvalue weighted by molar-refractivity contribution is -0.128. The smallest absolute Gasteiger partial charge is 0.254 e. The van der Waals surface area contributed by atoms with Gasteiger partial charge in [-0.2, -0.15) is 0 Å². The highest BCUT2D eigenvalue weighted by molar-refractivity contribution is 8.01. The standard InChI is InChI=1S/C8H14FNO5S/c9-2-6(13)10-8(15)1-4(12)7(14)5(3-11)16-8/h4-5,7,11-12,14-15H,1-3H2,(H,10,13)/t4-,5-,7+,8?/m1/s1. The summed E-state index contributed by atoms with van der Waals surface area (Å²) in [5, 5.41) is 36.9. The lowest BCUT2D eigenvalue weighted by Gasteiger charge is -2.41. The second-order valence-corrected chi connectivity index (χ2v) is 5.08. The summed E-state index contributed by atoms with van der Waals surface area (Å²) in [6.45, 7) is -1.76. The average molecular weight is 255 g/mol. The molecule has 1 rings (SSSR count). The number of amides is 1. The molecule has 5 N–H and O–H groups in total. The molecule has 6 nitrogen and oxygen atoms in total. The van der Waals surface area contributed by atoms with Crippen LogP contribution in [-0.4, -0.2) is 62.1 Å². The SMILES string of the molecule is O=C(CF)NC1(O)C[C@@H](O)[C@H](O)[C@@H](CO)S1. The van der Waals surface area contributed by atoms with Gasteiger partial charge >= 0.3 is 0 Å². The number of aliphatic hydroxyl groups is 4. The van der Waals surface area contributed by atoms with E-state index in [9.17, 15) is 24.5 Å². The molecular formula is C8H14FNO5S. The predicted octanol–water partition coefficient (Wildman–Crippen LogP) is -2.06. The van der Waals surface area contributed by atoms with Crippen molar-refractivity contribution in [1.82, 2.24) is 5.32 Å². The number of nitrogens with one attached hydrogen (secondary N) is 1. The van der Waals surface area contributed by atoms with Gasteiger partial charge in [0, 0.05) is 6.42 Å². The van der Waals surface area contributed by atoms with E-state index < -0.39 is 41.7 Å². The summed E-state index contributed by atoms with van der Waals surface area (Å²) < 4.78 is 12.0. The summed E-state index contributed by atoms with van der Waals surface area (Å²) in [5.41, 5.74) is 0. The minimum Gasteiger partial charge on any atom is -0.395 e. The van der Waals surface area contributed by atoms with Crippen molar-refractivity contribution in [2.24, 2.45) is 0 Å². The largest absolute Gasteiger partial charge is 0.395 e. The third-order valence-corrected chi connectivity index (χ3v) is 3.63. The Bertz CT molecular complexity index is 269. The van der Waals surface area contributed by atoms with Gasteiger partial charge in [-0.25, -0.2) is 4.39 Å². The molecule has 1 unspecified atom stereocenters. The monoisotopic (exact) mass is 255 g/mol. The van der Waals surface area contributed by atoms with Crippen molar-refractivity contribution in [3.63, 3.8) is 0 Å². The number of carbonyl (C=O) groups excluding carboxylic acids is 1. The summed E-state index contributed by atoms with van der Waals surface area (Å²) in [4.78, 5) is 10.8. The quantitative estimate of drug-likeness (QED) is 0.371. The molecule has 0 saturated carbocycles. The van der Waals surface area contributed by atoms with Crippen LogP contribution in [-0.2, 0) is 4.79 Å². The molecule has 4 atom stereocenters. The van der Waals surface area contributed by atoms with E-state index in [1.54, 1.807) is 0 Å². The van der Waals surface area contributed by atoms with Crippen molar-refractivity contribution in [2.45, 2.75) is 28.9 Å². The lowest BCUT2D eigenvalue weighted by atomic mass is 10.1. The van der Waals surface area contributed by atoms with Gasteiger partial charge in [-0.05, 0) is 0 Å². The minimum atomic E-state index is -1.87.